The summed E-state index contributed by atoms with van der Waals surface area (Å²) in [4.78, 5) is 18.6. The minimum Gasteiger partial charge on any atom is -0.507 e. The SMILES string of the molecule is N/N=C(/c1nc(N2CCCCC2)nc(N2CCCCC2)n1)c1cc(Br)ccc1O. The summed E-state index contributed by atoms with van der Waals surface area (Å²) in [7, 11) is 0. The minimum atomic E-state index is 0.0804. The van der Waals surface area contributed by atoms with Gasteiger partial charge in [-0.3, -0.25) is 0 Å². The molecule has 2 aliphatic rings. The number of nitrogens with zero attached hydrogens (tertiary/aromatic N) is 6. The lowest BCUT2D eigenvalue weighted by Crippen LogP contribution is -2.35. The van der Waals surface area contributed by atoms with Crippen LogP contribution in [0.3, 0.4) is 0 Å². The van der Waals surface area contributed by atoms with Crippen LogP contribution in [0.4, 0.5) is 11.9 Å². The van der Waals surface area contributed by atoms with Gasteiger partial charge in [0.1, 0.15) is 11.5 Å². The van der Waals surface area contributed by atoms with Crippen molar-refractivity contribution >= 4 is 33.5 Å². The van der Waals surface area contributed by atoms with Gasteiger partial charge in [-0.1, -0.05) is 15.9 Å². The van der Waals surface area contributed by atoms with Gasteiger partial charge in [-0.2, -0.15) is 20.1 Å². The normalized spacial score (nSPS) is 18.2. The van der Waals surface area contributed by atoms with E-state index in [9.17, 15) is 5.11 Å². The van der Waals surface area contributed by atoms with E-state index in [-0.39, 0.29) is 5.75 Å². The van der Waals surface area contributed by atoms with Crippen LogP contribution in [0.1, 0.15) is 49.9 Å². The van der Waals surface area contributed by atoms with Crippen LogP contribution < -0.4 is 15.6 Å². The quantitative estimate of drug-likeness (QED) is 0.411. The van der Waals surface area contributed by atoms with E-state index in [1.807, 2.05) is 0 Å². The molecule has 4 rings (SSSR count). The van der Waals surface area contributed by atoms with Crippen molar-refractivity contribution in [3.05, 3.63) is 34.1 Å². The van der Waals surface area contributed by atoms with Crippen molar-refractivity contribution in [3.8, 4) is 5.75 Å². The molecule has 8 nitrogen and oxygen atoms in total. The van der Waals surface area contributed by atoms with Crippen LogP contribution in [0, 0.1) is 0 Å². The molecule has 2 saturated heterocycles. The highest BCUT2D eigenvalue weighted by Crippen LogP contribution is 2.26. The highest BCUT2D eigenvalue weighted by molar-refractivity contribution is 9.10. The Morgan fingerprint density at radius 1 is 0.897 bits per heavy atom. The molecule has 0 bridgehead atoms. The average molecular weight is 460 g/mol. The third-order valence-corrected chi connectivity index (χ3v) is 5.94. The first kappa shape index (κ1) is 19.9. The van der Waals surface area contributed by atoms with Gasteiger partial charge in [0.2, 0.25) is 11.9 Å². The summed E-state index contributed by atoms with van der Waals surface area (Å²) in [5.74, 6) is 7.53. The fraction of sp³-hybridized carbons (Fsp3) is 0.500. The Kier molecular flexibility index (Phi) is 6.13. The number of rotatable bonds is 4. The van der Waals surface area contributed by atoms with Crippen LogP contribution in [0.15, 0.2) is 27.8 Å². The summed E-state index contributed by atoms with van der Waals surface area (Å²) in [5, 5.41) is 14.3. The van der Waals surface area contributed by atoms with Crippen LogP contribution in [0.2, 0.25) is 0 Å². The zero-order chi connectivity index (χ0) is 20.2. The van der Waals surface area contributed by atoms with E-state index in [2.05, 4.69) is 30.8 Å². The van der Waals surface area contributed by atoms with E-state index >= 15 is 0 Å². The number of hydrogen-bond acceptors (Lipinski definition) is 8. The number of hydrogen-bond donors (Lipinski definition) is 2. The van der Waals surface area contributed by atoms with Gasteiger partial charge in [-0.25, -0.2) is 0 Å². The Balaban J connectivity index is 1.78. The van der Waals surface area contributed by atoms with Gasteiger partial charge >= 0.3 is 0 Å². The largest absolute Gasteiger partial charge is 0.507 e. The summed E-state index contributed by atoms with van der Waals surface area (Å²) >= 11 is 3.44. The molecule has 0 unspecified atom stereocenters. The molecule has 2 fully saturated rings. The van der Waals surface area contributed by atoms with Crippen molar-refractivity contribution in [3.63, 3.8) is 0 Å². The Morgan fingerprint density at radius 2 is 1.45 bits per heavy atom. The minimum absolute atomic E-state index is 0.0804. The van der Waals surface area contributed by atoms with Gasteiger partial charge < -0.3 is 20.7 Å². The molecule has 0 saturated carbocycles. The maximum Gasteiger partial charge on any atom is 0.230 e. The van der Waals surface area contributed by atoms with E-state index in [1.54, 1.807) is 18.2 Å². The van der Waals surface area contributed by atoms with Crippen molar-refractivity contribution in [2.24, 2.45) is 10.9 Å². The summed E-state index contributed by atoms with van der Waals surface area (Å²) < 4.78 is 0.813. The van der Waals surface area contributed by atoms with Gasteiger partial charge in [0.15, 0.2) is 5.82 Å². The van der Waals surface area contributed by atoms with Crippen molar-refractivity contribution in [1.29, 1.82) is 0 Å². The van der Waals surface area contributed by atoms with Crippen LogP contribution in [-0.4, -0.2) is 51.9 Å². The summed E-state index contributed by atoms with van der Waals surface area (Å²) in [6.07, 6.45) is 6.98. The molecule has 1 aromatic heterocycles. The van der Waals surface area contributed by atoms with Gasteiger partial charge in [0, 0.05) is 36.2 Å². The lowest BCUT2D eigenvalue weighted by atomic mass is 10.1. The van der Waals surface area contributed by atoms with Gasteiger partial charge in [-0.05, 0) is 56.7 Å². The van der Waals surface area contributed by atoms with Crippen LogP contribution >= 0.6 is 15.9 Å². The molecule has 1 aromatic carbocycles. The number of nitrogens with two attached hydrogens (primary N) is 1. The summed E-state index contributed by atoms with van der Waals surface area (Å²) in [6, 6.07) is 5.13. The fourth-order valence-corrected chi connectivity index (χ4v) is 4.24. The Hall–Kier alpha value is -2.42. The highest BCUT2D eigenvalue weighted by atomic mass is 79.9. The van der Waals surface area contributed by atoms with E-state index in [0.29, 0.717) is 29.0 Å². The van der Waals surface area contributed by atoms with E-state index in [1.165, 1.54) is 12.8 Å². The number of aromatic hydroxyl groups is 1. The predicted octanol–water partition coefficient (Wildman–Crippen LogP) is 3.03. The zero-order valence-electron chi connectivity index (χ0n) is 16.4. The molecule has 0 spiro atoms. The predicted molar refractivity (Wildman–Crippen MR) is 118 cm³/mol. The first-order valence-electron chi connectivity index (χ1n) is 10.2. The van der Waals surface area contributed by atoms with Gasteiger partial charge in [-0.15, -0.1) is 0 Å². The molecule has 3 N–H and O–H groups in total. The van der Waals surface area contributed by atoms with E-state index < -0.39 is 0 Å². The van der Waals surface area contributed by atoms with Crippen LogP contribution in [-0.2, 0) is 0 Å². The summed E-state index contributed by atoms with van der Waals surface area (Å²) in [5.41, 5.74) is 0.838. The molecule has 0 aliphatic carbocycles. The second kappa shape index (κ2) is 8.94. The number of benzene rings is 1. The Morgan fingerprint density at radius 3 is 1.97 bits per heavy atom. The molecular formula is C20H26BrN7O. The van der Waals surface area contributed by atoms with Crippen molar-refractivity contribution in [2.45, 2.75) is 38.5 Å². The molecule has 154 valence electrons. The maximum absolute atomic E-state index is 10.4. The number of halogens is 1. The molecule has 3 heterocycles. The Bertz CT molecular complexity index is 856. The van der Waals surface area contributed by atoms with Gasteiger partial charge in [0.05, 0.1) is 0 Å². The number of anilines is 2. The van der Waals surface area contributed by atoms with Gasteiger partial charge in [0.25, 0.3) is 0 Å². The number of hydrazone groups is 1. The molecule has 9 heteroatoms. The standard InChI is InChI=1S/C20H26BrN7O/c21-14-7-8-16(29)15(13-14)17(26-22)18-23-19(27-9-3-1-4-10-27)25-20(24-18)28-11-5-2-6-12-28/h7-8,13,29H,1-6,9-12,22H2/b26-17+. The second-order valence-electron chi connectivity index (χ2n) is 7.49. The molecule has 2 aromatic rings. The van der Waals surface area contributed by atoms with Crippen molar-refractivity contribution < 1.29 is 5.11 Å². The zero-order valence-corrected chi connectivity index (χ0v) is 18.0. The molecule has 0 atom stereocenters. The number of phenolic OH excluding ortho intramolecular Hbond substituents is 1. The van der Waals surface area contributed by atoms with Crippen LogP contribution in [0.25, 0.3) is 0 Å². The first-order valence-corrected chi connectivity index (χ1v) is 11.0. The third-order valence-electron chi connectivity index (χ3n) is 5.44. The average Bonchev–Trinajstić information content (AvgIpc) is 2.78. The third kappa shape index (κ3) is 4.44. The number of phenols is 1. The van der Waals surface area contributed by atoms with E-state index in [4.69, 9.17) is 20.8 Å². The summed E-state index contributed by atoms with van der Waals surface area (Å²) in [6.45, 7) is 3.72. The smallest absolute Gasteiger partial charge is 0.230 e. The monoisotopic (exact) mass is 459 g/mol. The lowest BCUT2D eigenvalue weighted by Gasteiger charge is -2.30. The molecule has 2 aliphatic heterocycles. The fourth-order valence-electron chi connectivity index (χ4n) is 3.88. The number of piperidine rings is 2. The van der Waals surface area contributed by atoms with Crippen molar-refractivity contribution in [1.82, 2.24) is 15.0 Å². The first-order chi connectivity index (χ1) is 14.2. The Labute approximate surface area is 179 Å². The van der Waals surface area contributed by atoms with Crippen molar-refractivity contribution in [2.75, 3.05) is 36.0 Å². The molecule has 29 heavy (non-hydrogen) atoms. The topological polar surface area (TPSA) is 104 Å². The molecular weight excluding hydrogens is 434 g/mol. The maximum atomic E-state index is 10.4. The van der Waals surface area contributed by atoms with Crippen LogP contribution in [0.5, 0.6) is 5.75 Å². The van der Waals surface area contributed by atoms with E-state index in [0.717, 1.165) is 56.3 Å². The molecule has 0 amide bonds. The molecule has 0 radical (unpaired) electrons. The lowest BCUT2D eigenvalue weighted by molar-refractivity contribution is 0.474. The second-order valence-corrected chi connectivity index (χ2v) is 8.41. The number of aromatic nitrogens is 3. The highest BCUT2D eigenvalue weighted by Gasteiger charge is 2.23.